The van der Waals surface area contributed by atoms with Crippen molar-refractivity contribution >= 4 is 11.7 Å². The topological polar surface area (TPSA) is 52.3 Å². The standard InChI is InChI=1S/C14H21NO2/c1-3-4-5-6-9-17-14(16)12-8-7-11(2)13(15)10-12/h7-8,10H,3-6,9,15H2,1-2H3. The maximum atomic E-state index is 11.7. The molecule has 0 bridgehead atoms. The number of nitrogen functional groups attached to an aromatic ring is 1. The van der Waals surface area contributed by atoms with Crippen molar-refractivity contribution in [2.75, 3.05) is 12.3 Å². The van der Waals surface area contributed by atoms with Gasteiger partial charge in [-0.2, -0.15) is 0 Å². The van der Waals surface area contributed by atoms with E-state index in [1.807, 2.05) is 13.0 Å². The molecule has 3 heteroatoms. The summed E-state index contributed by atoms with van der Waals surface area (Å²) in [5.41, 5.74) is 7.88. The van der Waals surface area contributed by atoms with Gasteiger partial charge in [-0.25, -0.2) is 4.79 Å². The summed E-state index contributed by atoms with van der Waals surface area (Å²) in [6, 6.07) is 5.26. The summed E-state index contributed by atoms with van der Waals surface area (Å²) in [4.78, 5) is 11.7. The zero-order valence-corrected chi connectivity index (χ0v) is 10.7. The summed E-state index contributed by atoms with van der Waals surface area (Å²) in [6.45, 7) is 4.56. The van der Waals surface area contributed by atoms with Crippen molar-refractivity contribution in [2.45, 2.75) is 39.5 Å². The Labute approximate surface area is 103 Å². The first-order valence-corrected chi connectivity index (χ1v) is 6.18. The maximum absolute atomic E-state index is 11.7. The first kappa shape index (κ1) is 13.6. The minimum absolute atomic E-state index is 0.284. The van der Waals surface area contributed by atoms with Crippen molar-refractivity contribution in [3.63, 3.8) is 0 Å². The number of nitrogens with two attached hydrogens (primary N) is 1. The molecule has 0 aromatic heterocycles. The highest BCUT2D eigenvalue weighted by Crippen LogP contribution is 2.13. The first-order valence-electron chi connectivity index (χ1n) is 6.18. The van der Waals surface area contributed by atoms with Crippen LogP contribution in [-0.4, -0.2) is 12.6 Å². The van der Waals surface area contributed by atoms with Gasteiger partial charge in [-0.1, -0.05) is 32.3 Å². The van der Waals surface area contributed by atoms with E-state index in [1.165, 1.54) is 12.8 Å². The van der Waals surface area contributed by atoms with Crippen LogP contribution in [0.3, 0.4) is 0 Å². The summed E-state index contributed by atoms with van der Waals surface area (Å²) < 4.78 is 5.18. The molecule has 0 amide bonds. The molecule has 0 atom stereocenters. The Hall–Kier alpha value is -1.51. The van der Waals surface area contributed by atoms with Crippen molar-refractivity contribution in [1.82, 2.24) is 0 Å². The number of carbonyl (C=O) groups excluding carboxylic acids is 1. The third kappa shape index (κ3) is 4.47. The van der Waals surface area contributed by atoms with Gasteiger partial charge in [0.15, 0.2) is 0 Å². The summed E-state index contributed by atoms with van der Waals surface area (Å²) in [5, 5.41) is 0. The van der Waals surface area contributed by atoms with Gasteiger partial charge in [0.2, 0.25) is 0 Å². The van der Waals surface area contributed by atoms with Crippen LogP contribution < -0.4 is 5.73 Å². The molecule has 0 fully saturated rings. The van der Waals surface area contributed by atoms with E-state index < -0.39 is 0 Å². The highest BCUT2D eigenvalue weighted by Gasteiger charge is 2.07. The third-order valence-corrected chi connectivity index (χ3v) is 2.75. The predicted octanol–water partition coefficient (Wildman–Crippen LogP) is 3.31. The zero-order chi connectivity index (χ0) is 12.7. The summed E-state index contributed by atoms with van der Waals surface area (Å²) in [7, 11) is 0. The second-order valence-electron chi connectivity index (χ2n) is 4.27. The van der Waals surface area contributed by atoms with Crippen LogP contribution >= 0.6 is 0 Å². The van der Waals surface area contributed by atoms with E-state index in [2.05, 4.69) is 6.92 Å². The van der Waals surface area contributed by atoms with Gasteiger partial charge in [0.25, 0.3) is 0 Å². The van der Waals surface area contributed by atoms with E-state index in [-0.39, 0.29) is 5.97 Å². The number of rotatable bonds is 6. The van der Waals surface area contributed by atoms with Gasteiger partial charge in [0, 0.05) is 5.69 Å². The van der Waals surface area contributed by atoms with Crippen molar-refractivity contribution < 1.29 is 9.53 Å². The van der Waals surface area contributed by atoms with Crippen molar-refractivity contribution in [1.29, 1.82) is 0 Å². The lowest BCUT2D eigenvalue weighted by Crippen LogP contribution is -2.07. The lowest BCUT2D eigenvalue weighted by atomic mass is 10.1. The first-order chi connectivity index (χ1) is 8.15. The minimum atomic E-state index is -0.284. The van der Waals surface area contributed by atoms with Crippen LogP contribution in [0.2, 0.25) is 0 Å². The molecule has 0 saturated carbocycles. The summed E-state index contributed by atoms with van der Waals surface area (Å²) in [6.07, 6.45) is 4.41. The molecule has 94 valence electrons. The Bertz CT molecular complexity index is 374. The molecule has 2 N–H and O–H groups in total. The minimum Gasteiger partial charge on any atom is -0.462 e. The number of hydrogen-bond acceptors (Lipinski definition) is 3. The lowest BCUT2D eigenvalue weighted by molar-refractivity contribution is 0.0498. The average Bonchev–Trinajstić information content (AvgIpc) is 2.32. The second kappa shape index (κ2) is 6.94. The number of benzene rings is 1. The second-order valence-corrected chi connectivity index (χ2v) is 4.27. The van der Waals surface area contributed by atoms with Crippen molar-refractivity contribution in [2.24, 2.45) is 0 Å². The van der Waals surface area contributed by atoms with Gasteiger partial charge in [0.1, 0.15) is 0 Å². The maximum Gasteiger partial charge on any atom is 0.338 e. The van der Waals surface area contributed by atoms with Crippen LogP contribution in [0.25, 0.3) is 0 Å². The number of unbranched alkanes of at least 4 members (excludes halogenated alkanes) is 3. The van der Waals surface area contributed by atoms with Gasteiger partial charge >= 0.3 is 5.97 Å². The Morgan fingerprint density at radius 1 is 1.29 bits per heavy atom. The van der Waals surface area contributed by atoms with Crippen LogP contribution in [0.4, 0.5) is 5.69 Å². The van der Waals surface area contributed by atoms with E-state index >= 15 is 0 Å². The molecule has 0 unspecified atom stereocenters. The Morgan fingerprint density at radius 3 is 2.71 bits per heavy atom. The fraction of sp³-hybridized carbons (Fsp3) is 0.500. The van der Waals surface area contributed by atoms with Gasteiger partial charge in [-0.15, -0.1) is 0 Å². The van der Waals surface area contributed by atoms with Gasteiger partial charge in [-0.3, -0.25) is 0 Å². The Kier molecular flexibility index (Phi) is 5.53. The Balaban J connectivity index is 2.39. The number of ether oxygens (including phenoxy) is 1. The Morgan fingerprint density at radius 2 is 2.06 bits per heavy atom. The number of anilines is 1. The highest BCUT2D eigenvalue weighted by atomic mass is 16.5. The van der Waals surface area contributed by atoms with Crippen LogP contribution in [0.5, 0.6) is 0 Å². The average molecular weight is 235 g/mol. The van der Waals surface area contributed by atoms with E-state index in [4.69, 9.17) is 10.5 Å². The van der Waals surface area contributed by atoms with Crippen LogP contribution in [0, 0.1) is 6.92 Å². The number of esters is 1. The molecule has 0 aliphatic rings. The molecule has 0 aliphatic carbocycles. The molecular formula is C14H21NO2. The molecule has 1 aromatic carbocycles. The molecule has 0 spiro atoms. The lowest BCUT2D eigenvalue weighted by Gasteiger charge is -2.06. The zero-order valence-electron chi connectivity index (χ0n) is 10.7. The van der Waals surface area contributed by atoms with E-state index in [9.17, 15) is 4.79 Å². The molecular weight excluding hydrogens is 214 g/mol. The normalized spacial score (nSPS) is 10.2. The van der Waals surface area contributed by atoms with Crippen molar-refractivity contribution in [3.05, 3.63) is 29.3 Å². The van der Waals surface area contributed by atoms with Gasteiger partial charge in [0.05, 0.1) is 12.2 Å². The number of hydrogen-bond donors (Lipinski definition) is 1. The van der Waals surface area contributed by atoms with Crippen LogP contribution in [-0.2, 0) is 4.74 Å². The van der Waals surface area contributed by atoms with Crippen LogP contribution in [0.15, 0.2) is 18.2 Å². The fourth-order valence-electron chi connectivity index (χ4n) is 1.54. The highest BCUT2D eigenvalue weighted by molar-refractivity contribution is 5.90. The van der Waals surface area contributed by atoms with E-state index in [1.54, 1.807) is 12.1 Å². The fourth-order valence-corrected chi connectivity index (χ4v) is 1.54. The van der Waals surface area contributed by atoms with E-state index in [0.29, 0.717) is 17.9 Å². The molecule has 1 rings (SSSR count). The summed E-state index contributed by atoms with van der Waals surface area (Å²) >= 11 is 0. The molecule has 0 heterocycles. The number of aryl methyl sites for hydroxylation is 1. The van der Waals surface area contributed by atoms with Crippen molar-refractivity contribution in [3.8, 4) is 0 Å². The molecule has 0 radical (unpaired) electrons. The summed E-state index contributed by atoms with van der Waals surface area (Å²) in [5.74, 6) is -0.284. The molecule has 0 aliphatic heterocycles. The SMILES string of the molecule is CCCCCCOC(=O)c1ccc(C)c(N)c1. The smallest absolute Gasteiger partial charge is 0.338 e. The van der Waals surface area contributed by atoms with Gasteiger partial charge < -0.3 is 10.5 Å². The van der Waals surface area contributed by atoms with E-state index in [0.717, 1.165) is 18.4 Å². The monoisotopic (exact) mass is 235 g/mol. The van der Waals surface area contributed by atoms with Crippen LogP contribution in [0.1, 0.15) is 48.5 Å². The largest absolute Gasteiger partial charge is 0.462 e. The number of carbonyl (C=O) groups is 1. The quantitative estimate of drug-likeness (QED) is 0.467. The molecule has 3 nitrogen and oxygen atoms in total. The van der Waals surface area contributed by atoms with Gasteiger partial charge in [-0.05, 0) is 31.0 Å². The molecule has 0 saturated heterocycles. The molecule has 17 heavy (non-hydrogen) atoms. The third-order valence-electron chi connectivity index (χ3n) is 2.75. The predicted molar refractivity (Wildman–Crippen MR) is 70.0 cm³/mol. The molecule has 1 aromatic rings.